The van der Waals surface area contributed by atoms with E-state index in [9.17, 15) is 17.6 Å². The maximum absolute atomic E-state index is 13.4. The summed E-state index contributed by atoms with van der Waals surface area (Å²) in [7, 11) is -3.78. The molecule has 0 unspecified atom stereocenters. The number of fused-ring (bicyclic) bond motifs is 1. The standard InChI is InChI=1S/C20H18FN3O3S/c1-28(26,27)24(18-10-5-9-17(21)12-18)14-20(25)23-22-13-16-8-4-7-15-6-2-3-11-19(15)16/h2-13H,14H2,1H3,(H,23,25)/b22-13-. The second kappa shape index (κ2) is 8.18. The topological polar surface area (TPSA) is 78.8 Å². The molecule has 0 saturated carbocycles. The third-order valence-corrected chi connectivity index (χ3v) is 5.14. The lowest BCUT2D eigenvalue weighted by molar-refractivity contribution is -0.119. The molecule has 0 aliphatic carbocycles. The van der Waals surface area contributed by atoms with E-state index in [0.717, 1.165) is 33.0 Å². The molecule has 0 radical (unpaired) electrons. The first kappa shape index (κ1) is 19.5. The van der Waals surface area contributed by atoms with Crippen LogP contribution in [0.4, 0.5) is 10.1 Å². The van der Waals surface area contributed by atoms with E-state index >= 15 is 0 Å². The highest BCUT2D eigenvalue weighted by molar-refractivity contribution is 7.92. The fraction of sp³-hybridized carbons (Fsp3) is 0.100. The average molecular weight is 399 g/mol. The summed E-state index contributed by atoms with van der Waals surface area (Å²) in [6.45, 7) is -0.519. The molecule has 1 amide bonds. The molecule has 0 heterocycles. The Balaban J connectivity index is 1.74. The molecule has 0 saturated heterocycles. The lowest BCUT2D eigenvalue weighted by Gasteiger charge is -2.21. The molecule has 0 fully saturated rings. The molecule has 3 aromatic carbocycles. The number of hydrogen-bond acceptors (Lipinski definition) is 4. The van der Waals surface area contributed by atoms with E-state index in [-0.39, 0.29) is 5.69 Å². The van der Waals surface area contributed by atoms with Crippen LogP contribution < -0.4 is 9.73 Å². The monoisotopic (exact) mass is 399 g/mol. The smallest absolute Gasteiger partial charge is 0.260 e. The molecule has 0 atom stereocenters. The van der Waals surface area contributed by atoms with Crippen molar-refractivity contribution in [2.45, 2.75) is 0 Å². The van der Waals surface area contributed by atoms with Gasteiger partial charge in [0.2, 0.25) is 10.0 Å². The van der Waals surface area contributed by atoms with Crippen LogP contribution in [0.15, 0.2) is 71.8 Å². The minimum atomic E-state index is -3.78. The molecule has 3 rings (SSSR count). The number of rotatable bonds is 6. The minimum Gasteiger partial charge on any atom is -0.271 e. The number of hydrogen-bond donors (Lipinski definition) is 1. The van der Waals surface area contributed by atoms with Gasteiger partial charge >= 0.3 is 0 Å². The Bertz CT molecular complexity index is 1140. The van der Waals surface area contributed by atoms with Crippen molar-refractivity contribution < 1.29 is 17.6 Å². The average Bonchev–Trinajstić information content (AvgIpc) is 2.65. The number of carbonyl (C=O) groups excluding carboxylic acids is 1. The second-order valence-corrected chi connectivity index (χ2v) is 8.02. The number of nitrogens with zero attached hydrogens (tertiary/aromatic N) is 2. The van der Waals surface area contributed by atoms with Crippen LogP contribution in [0.2, 0.25) is 0 Å². The van der Waals surface area contributed by atoms with Gasteiger partial charge in [0.1, 0.15) is 12.4 Å². The highest BCUT2D eigenvalue weighted by Gasteiger charge is 2.21. The first-order chi connectivity index (χ1) is 13.3. The van der Waals surface area contributed by atoms with Crippen molar-refractivity contribution in [2.75, 3.05) is 17.1 Å². The van der Waals surface area contributed by atoms with Crippen LogP contribution in [0, 0.1) is 5.82 Å². The zero-order chi connectivity index (χ0) is 20.1. The van der Waals surface area contributed by atoms with E-state index < -0.39 is 28.3 Å². The predicted octanol–water partition coefficient (Wildman–Crippen LogP) is 2.90. The van der Waals surface area contributed by atoms with Gasteiger partial charge in [0.15, 0.2) is 0 Å². The van der Waals surface area contributed by atoms with Gasteiger partial charge in [0.25, 0.3) is 5.91 Å². The zero-order valence-corrected chi connectivity index (χ0v) is 15.9. The van der Waals surface area contributed by atoms with E-state index in [1.807, 2.05) is 42.5 Å². The Morgan fingerprint density at radius 1 is 1.11 bits per heavy atom. The van der Waals surface area contributed by atoms with Crippen molar-refractivity contribution in [3.8, 4) is 0 Å². The molecule has 8 heteroatoms. The van der Waals surface area contributed by atoms with Crippen LogP contribution in [-0.2, 0) is 14.8 Å². The molecule has 0 bridgehead atoms. The van der Waals surface area contributed by atoms with Gasteiger partial charge in [0.05, 0.1) is 18.2 Å². The van der Waals surface area contributed by atoms with Gasteiger partial charge in [-0.3, -0.25) is 9.10 Å². The Morgan fingerprint density at radius 3 is 2.57 bits per heavy atom. The fourth-order valence-electron chi connectivity index (χ4n) is 2.73. The molecule has 6 nitrogen and oxygen atoms in total. The second-order valence-electron chi connectivity index (χ2n) is 6.11. The van der Waals surface area contributed by atoms with Crippen LogP contribution in [0.3, 0.4) is 0 Å². The number of amides is 1. The molecule has 144 valence electrons. The predicted molar refractivity (Wildman–Crippen MR) is 108 cm³/mol. The minimum absolute atomic E-state index is 0.0654. The van der Waals surface area contributed by atoms with E-state index in [1.165, 1.54) is 24.4 Å². The van der Waals surface area contributed by atoms with Crippen LogP contribution in [0.1, 0.15) is 5.56 Å². The van der Waals surface area contributed by atoms with Crippen molar-refractivity contribution in [3.05, 3.63) is 78.1 Å². The Hall–Kier alpha value is -3.26. The van der Waals surface area contributed by atoms with Crippen molar-refractivity contribution in [1.82, 2.24) is 5.43 Å². The van der Waals surface area contributed by atoms with E-state index in [0.29, 0.717) is 0 Å². The Morgan fingerprint density at radius 2 is 1.82 bits per heavy atom. The molecular weight excluding hydrogens is 381 g/mol. The summed E-state index contributed by atoms with van der Waals surface area (Å²) in [5, 5.41) is 5.92. The van der Waals surface area contributed by atoms with Crippen LogP contribution >= 0.6 is 0 Å². The van der Waals surface area contributed by atoms with E-state index in [2.05, 4.69) is 10.5 Å². The molecule has 0 aromatic heterocycles. The largest absolute Gasteiger partial charge is 0.271 e. The van der Waals surface area contributed by atoms with Crippen LogP contribution in [0.25, 0.3) is 10.8 Å². The third kappa shape index (κ3) is 4.72. The summed E-state index contributed by atoms with van der Waals surface area (Å²) in [6, 6.07) is 18.5. The van der Waals surface area contributed by atoms with Crippen molar-refractivity contribution >= 4 is 38.6 Å². The molecule has 3 aromatic rings. The summed E-state index contributed by atoms with van der Waals surface area (Å²) < 4.78 is 38.3. The number of nitrogens with one attached hydrogen (secondary N) is 1. The van der Waals surface area contributed by atoms with Gasteiger partial charge < -0.3 is 0 Å². The molecule has 0 aliphatic rings. The Kier molecular flexibility index (Phi) is 5.70. The summed E-state index contributed by atoms with van der Waals surface area (Å²) in [6.07, 6.45) is 2.44. The van der Waals surface area contributed by atoms with Gasteiger partial charge in [-0.05, 0) is 29.0 Å². The summed E-state index contributed by atoms with van der Waals surface area (Å²) in [5.74, 6) is -1.24. The number of benzene rings is 3. The third-order valence-electron chi connectivity index (χ3n) is 4.00. The maximum Gasteiger partial charge on any atom is 0.260 e. The summed E-state index contributed by atoms with van der Waals surface area (Å²) in [5.41, 5.74) is 3.19. The quantitative estimate of drug-likeness (QED) is 0.511. The van der Waals surface area contributed by atoms with E-state index in [1.54, 1.807) is 0 Å². The van der Waals surface area contributed by atoms with Gasteiger partial charge in [-0.1, -0.05) is 48.5 Å². The number of hydrazone groups is 1. The SMILES string of the molecule is CS(=O)(=O)N(CC(=O)N/N=C\c1cccc2ccccc12)c1cccc(F)c1. The maximum atomic E-state index is 13.4. The van der Waals surface area contributed by atoms with E-state index in [4.69, 9.17) is 0 Å². The first-order valence-corrected chi connectivity index (χ1v) is 10.2. The normalized spacial score (nSPS) is 11.6. The molecular formula is C20H18FN3O3S. The molecule has 28 heavy (non-hydrogen) atoms. The summed E-state index contributed by atoms with van der Waals surface area (Å²) >= 11 is 0. The van der Waals surface area contributed by atoms with Crippen molar-refractivity contribution in [2.24, 2.45) is 5.10 Å². The van der Waals surface area contributed by atoms with Gasteiger partial charge in [-0.15, -0.1) is 0 Å². The molecule has 0 spiro atoms. The fourth-order valence-corrected chi connectivity index (χ4v) is 3.58. The molecule has 0 aliphatic heterocycles. The molecule has 1 N–H and O–H groups in total. The first-order valence-electron chi connectivity index (χ1n) is 8.37. The van der Waals surface area contributed by atoms with Gasteiger partial charge in [-0.2, -0.15) is 5.10 Å². The van der Waals surface area contributed by atoms with Crippen LogP contribution in [-0.4, -0.2) is 33.3 Å². The highest BCUT2D eigenvalue weighted by Crippen LogP contribution is 2.18. The van der Waals surface area contributed by atoms with Crippen molar-refractivity contribution in [3.63, 3.8) is 0 Å². The van der Waals surface area contributed by atoms with Crippen molar-refractivity contribution in [1.29, 1.82) is 0 Å². The number of anilines is 1. The Labute approximate surface area is 162 Å². The zero-order valence-electron chi connectivity index (χ0n) is 15.0. The number of halogens is 1. The number of carbonyl (C=O) groups is 1. The summed E-state index contributed by atoms with van der Waals surface area (Å²) in [4.78, 5) is 12.2. The number of sulfonamides is 1. The lowest BCUT2D eigenvalue weighted by atomic mass is 10.1. The highest BCUT2D eigenvalue weighted by atomic mass is 32.2. The van der Waals surface area contributed by atoms with Crippen LogP contribution in [0.5, 0.6) is 0 Å². The lowest BCUT2D eigenvalue weighted by Crippen LogP contribution is -2.39. The van der Waals surface area contributed by atoms with Gasteiger partial charge in [0, 0.05) is 5.56 Å². The van der Waals surface area contributed by atoms with Gasteiger partial charge in [-0.25, -0.2) is 18.2 Å².